The van der Waals surface area contributed by atoms with Crippen LogP contribution in [0.15, 0.2) is 58.0 Å². The summed E-state index contributed by atoms with van der Waals surface area (Å²) in [5.41, 5.74) is 2.54. The van der Waals surface area contributed by atoms with E-state index in [2.05, 4.69) is 0 Å². The van der Waals surface area contributed by atoms with E-state index in [4.69, 9.17) is 9.52 Å². The van der Waals surface area contributed by atoms with Crippen LogP contribution in [0.1, 0.15) is 0 Å². The lowest BCUT2D eigenvalue weighted by atomic mass is 10.1. The maximum absolute atomic E-state index is 12.3. The number of aliphatic hydroxyl groups is 1. The number of hydrogen-bond acceptors (Lipinski definition) is 4. The maximum Gasteiger partial charge on any atom is 0.344 e. The Morgan fingerprint density at radius 2 is 1.87 bits per heavy atom. The molecule has 0 aliphatic carbocycles. The van der Waals surface area contributed by atoms with Crippen molar-refractivity contribution in [3.05, 3.63) is 59.2 Å². The first-order valence-electron chi connectivity index (χ1n) is 7.44. The second-order valence-corrected chi connectivity index (χ2v) is 5.61. The minimum atomic E-state index is -0.353. The Balaban J connectivity index is 2.06. The van der Waals surface area contributed by atoms with Crippen molar-refractivity contribution in [3.8, 4) is 11.1 Å². The highest BCUT2D eigenvalue weighted by molar-refractivity contribution is 5.84. The largest absolute Gasteiger partial charge is 0.422 e. The van der Waals surface area contributed by atoms with Crippen molar-refractivity contribution in [1.82, 2.24) is 0 Å². The molecule has 0 spiro atoms. The SMILES string of the molecule is CN(C)c1ccc2cc(-c3cc[n+](CCO)cc3)c(=O)oc2c1. The van der Waals surface area contributed by atoms with Gasteiger partial charge in [-0.05, 0) is 18.2 Å². The predicted octanol–water partition coefficient (Wildman–Crippen LogP) is 1.81. The van der Waals surface area contributed by atoms with Gasteiger partial charge in [0.25, 0.3) is 0 Å². The molecule has 0 bridgehead atoms. The average molecular weight is 311 g/mol. The monoisotopic (exact) mass is 311 g/mol. The summed E-state index contributed by atoms with van der Waals surface area (Å²) in [6.07, 6.45) is 3.68. The molecule has 23 heavy (non-hydrogen) atoms. The van der Waals surface area contributed by atoms with Crippen LogP contribution in [0.3, 0.4) is 0 Å². The summed E-state index contributed by atoms with van der Waals surface area (Å²) < 4.78 is 7.34. The number of aliphatic hydroxyl groups excluding tert-OH is 1. The van der Waals surface area contributed by atoms with Gasteiger partial charge in [-0.3, -0.25) is 0 Å². The molecule has 2 aromatic heterocycles. The number of hydrogen-bond donors (Lipinski definition) is 1. The van der Waals surface area contributed by atoms with E-state index in [9.17, 15) is 4.79 Å². The van der Waals surface area contributed by atoms with E-state index in [1.165, 1.54) is 0 Å². The summed E-state index contributed by atoms with van der Waals surface area (Å²) in [6, 6.07) is 11.4. The molecule has 5 nitrogen and oxygen atoms in total. The standard InChI is InChI=1S/C18H19N2O3/c1-19(2)15-4-3-14-11-16(18(22)23-17(14)12-15)13-5-7-20(8-6-13)9-10-21/h3-8,11-12,21H,9-10H2,1-2H3/q+1. The number of anilines is 1. The maximum atomic E-state index is 12.3. The first-order valence-corrected chi connectivity index (χ1v) is 7.44. The van der Waals surface area contributed by atoms with Crippen LogP contribution < -0.4 is 15.1 Å². The van der Waals surface area contributed by atoms with Crippen LogP contribution in [-0.4, -0.2) is 25.8 Å². The van der Waals surface area contributed by atoms with Crippen LogP contribution >= 0.6 is 0 Å². The van der Waals surface area contributed by atoms with E-state index in [1.807, 2.05) is 72.4 Å². The molecule has 0 aliphatic heterocycles. The molecule has 0 aliphatic rings. The molecule has 0 amide bonds. The van der Waals surface area contributed by atoms with Crippen molar-refractivity contribution in [3.63, 3.8) is 0 Å². The third-order valence-corrected chi connectivity index (χ3v) is 3.80. The molecule has 5 heteroatoms. The highest BCUT2D eigenvalue weighted by Gasteiger charge is 2.10. The lowest BCUT2D eigenvalue weighted by molar-refractivity contribution is -0.698. The van der Waals surface area contributed by atoms with Crippen molar-refractivity contribution >= 4 is 16.7 Å². The summed E-state index contributed by atoms with van der Waals surface area (Å²) in [6.45, 7) is 0.607. The lowest BCUT2D eigenvalue weighted by Gasteiger charge is -2.12. The summed E-state index contributed by atoms with van der Waals surface area (Å²) in [5.74, 6) is 0. The van der Waals surface area contributed by atoms with Gasteiger partial charge in [0.1, 0.15) is 12.2 Å². The quantitative estimate of drug-likeness (QED) is 0.590. The number of nitrogens with zero attached hydrogens (tertiary/aromatic N) is 2. The second kappa shape index (κ2) is 6.22. The van der Waals surface area contributed by atoms with E-state index >= 15 is 0 Å². The zero-order valence-corrected chi connectivity index (χ0v) is 13.2. The fraction of sp³-hybridized carbons (Fsp3) is 0.222. The number of fused-ring (bicyclic) bond motifs is 1. The van der Waals surface area contributed by atoms with E-state index < -0.39 is 0 Å². The first kappa shape index (κ1) is 15.2. The summed E-state index contributed by atoms with van der Waals surface area (Å²) >= 11 is 0. The smallest absolute Gasteiger partial charge is 0.344 e. The molecule has 0 radical (unpaired) electrons. The highest BCUT2D eigenvalue weighted by atomic mass is 16.4. The summed E-state index contributed by atoms with van der Waals surface area (Å²) in [7, 11) is 3.89. The van der Waals surface area contributed by atoms with Gasteiger partial charge >= 0.3 is 5.63 Å². The Morgan fingerprint density at radius 1 is 1.13 bits per heavy atom. The summed E-state index contributed by atoms with van der Waals surface area (Å²) in [4.78, 5) is 14.3. The number of rotatable bonds is 4. The van der Waals surface area contributed by atoms with Crippen LogP contribution in [0.2, 0.25) is 0 Å². The van der Waals surface area contributed by atoms with Gasteiger partial charge in [-0.25, -0.2) is 9.36 Å². The zero-order valence-electron chi connectivity index (χ0n) is 13.2. The van der Waals surface area contributed by atoms with Crippen LogP contribution in [0, 0.1) is 0 Å². The van der Waals surface area contributed by atoms with Crippen molar-refractivity contribution in [2.75, 3.05) is 25.6 Å². The topological polar surface area (TPSA) is 57.6 Å². The van der Waals surface area contributed by atoms with Crippen molar-refractivity contribution in [2.24, 2.45) is 0 Å². The van der Waals surface area contributed by atoms with Crippen molar-refractivity contribution in [1.29, 1.82) is 0 Å². The van der Waals surface area contributed by atoms with Crippen LogP contribution in [0.5, 0.6) is 0 Å². The molecule has 118 valence electrons. The molecular formula is C18H19N2O3+. The van der Waals surface area contributed by atoms with Gasteiger partial charge in [-0.2, -0.15) is 0 Å². The molecule has 0 unspecified atom stereocenters. The minimum Gasteiger partial charge on any atom is -0.422 e. The van der Waals surface area contributed by atoms with Gasteiger partial charge in [-0.15, -0.1) is 0 Å². The first-order chi connectivity index (χ1) is 11.1. The molecule has 1 aromatic carbocycles. The van der Waals surface area contributed by atoms with Gasteiger partial charge in [0.2, 0.25) is 0 Å². The number of pyridine rings is 1. The molecule has 1 N–H and O–H groups in total. The number of aromatic nitrogens is 1. The van der Waals surface area contributed by atoms with Crippen LogP contribution in [-0.2, 0) is 6.54 Å². The van der Waals surface area contributed by atoms with Gasteiger partial charge in [0.05, 0.1) is 5.56 Å². The minimum absolute atomic E-state index is 0.0797. The van der Waals surface area contributed by atoms with E-state index in [1.54, 1.807) is 0 Å². The molecule has 2 heterocycles. The normalized spacial score (nSPS) is 10.9. The lowest BCUT2D eigenvalue weighted by Crippen LogP contribution is -2.34. The Labute approximate surface area is 134 Å². The van der Waals surface area contributed by atoms with Crippen molar-refractivity contribution in [2.45, 2.75) is 6.54 Å². The highest BCUT2D eigenvalue weighted by Crippen LogP contribution is 2.23. The average Bonchev–Trinajstić information content (AvgIpc) is 2.55. The Bertz CT molecular complexity index is 883. The van der Waals surface area contributed by atoms with Gasteiger partial charge in [0, 0.05) is 48.9 Å². The molecule has 3 aromatic rings. The third-order valence-electron chi connectivity index (χ3n) is 3.80. The van der Waals surface area contributed by atoms with Gasteiger partial charge < -0.3 is 14.4 Å². The molecule has 3 rings (SSSR count). The van der Waals surface area contributed by atoms with Gasteiger partial charge in [-0.1, -0.05) is 0 Å². The zero-order chi connectivity index (χ0) is 16.4. The number of benzene rings is 1. The van der Waals surface area contributed by atoms with E-state index in [0.29, 0.717) is 17.7 Å². The van der Waals surface area contributed by atoms with E-state index in [0.717, 1.165) is 16.6 Å². The summed E-state index contributed by atoms with van der Waals surface area (Å²) in [5, 5.41) is 9.83. The Kier molecular flexibility index (Phi) is 4.12. The predicted molar refractivity (Wildman–Crippen MR) is 89.5 cm³/mol. The third kappa shape index (κ3) is 3.10. The van der Waals surface area contributed by atoms with Gasteiger partial charge in [0.15, 0.2) is 18.9 Å². The van der Waals surface area contributed by atoms with Crippen molar-refractivity contribution < 1.29 is 14.1 Å². The van der Waals surface area contributed by atoms with E-state index in [-0.39, 0.29) is 12.2 Å². The molecule has 0 saturated heterocycles. The Morgan fingerprint density at radius 3 is 2.52 bits per heavy atom. The fourth-order valence-electron chi connectivity index (χ4n) is 2.48. The fourth-order valence-corrected chi connectivity index (χ4v) is 2.48. The molecule has 0 saturated carbocycles. The molecular weight excluding hydrogens is 292 g/mol. The molecule has 0 atom stereocenters. The van der Waals surface area contributed by atoms with Crippen LogP contribution in [0.4, 0.5) is 5.69 Å². The molecule has 0 fully saturated rings. The van der Waals surface area contributed by atoms with Crippen LogP contribution in [0.25, 0.3) is 22.1 Å². The Hall–Kier alpha value is -2.66. The second-order valence-electron chi connectivity index (χ2n) is 5.61.